The maximum atomic E-state index is 12.1. The second kappa shape index (κ2) is 6.15. The highest BCUT2D eigenvalue weighted by Crippen LogP contribution is 2.06. The Kier molecular flexibility index (Phi) is 4.84. The third-order valence-electron chi connectivity index (χ3n) is 2.43. The molecule has 0 aromatic carbocycles. The summed E-state index contributed by atoms with van der Waals surface area (Å²) < 4.78 is 5.04. The number of methoxy groups -OCH3 is 1. The van der Waals surface area contributed by atoms with Gasteiger partial charge in [-0.3, -0.25) is 4.79 Å². The summed E-state index contributed by atoms with van der Waals surface area (Å²) in [4.78, 5) is 21.6. The largest absolute Gasteiger partial charge is 0.383 e. The summed E-state index contributed by atoms with van der Waals surface area (Å²) in [7, 11) is 1.61. The van der Waals surface area contributed by atoms with Crippen molar-refractivity contribution in [1.29, 1.82) is 0 Å². The Morgan fingerprint density at radius 2 is 2.24 bits per heavy atom. The van der Waals surface area contributed by atoms with Crippen LogP contribution in [-0.2, 0) is 4.74 Å². The van der Waals surface area contributed by atoms with Crippen molar-refractivity contribution in [2.75, 3.05) is 26.0 Å². The molecule has 0 radical (unpaired) electrons. The van der Waals surface area contributed by atoms with Gasteiger partial charge in [0.05, 0.1) is 25.0 Å². The van der Waals surface area contributed by atoms with E-state index in [-0.39, 0.29) is 11.9 Å². The molecule has 17 heavy (non-hydrogen) atoms. The van der Waals surface area contributed by atoms with Gasteiger partial charge in [0.1, 0.15) is 11.5 Å². The van der Waals surface area contributed by atoms with Gasteiger partial charge in [0.2, 0.25) is 0 Å². The second-order valence-corrected chi connectivity index (χ2v) is 3.72. The Balaban J connectivity index is 2.82. The van der Waals surface area contributed by atoms with Crippen LogP contribution < -0.4 is 5.73 Å². The van der Waals surface area contributed by atoms with Crippen molar-refractivity contribution in [3.8, 4) is 0 Å². The number of aromatic nitrogens is 2. The number of rotatable bonds is 5. The molecule has 0 aliphatic heterocycles. The third kappa shape index (κ3) is 3.39. The second-order valence-electron chi connectivity index (χ2n) is 3.72. The first kappa shape index (κ1) is 13.4. The van der Waals surface area contributed by atoms with E-state index in [9.17, 15) is 4.79 Å². The summed E-state index contributed by atoms with van der Waals surface area (Å²) in [6.45, 7) is 4.92. The van der Waals surface area contributed by atoms with Crippen LogP contribution in [0.25, 0.3) is 0 Å². The lowest BCUT2D eigenvalue weighted by Gasteiger charge is -2.27. The Morgan fingerprint density at radius 3 is 2.71 bits per heavy atom. The van der Waals surface area contributed by atoms with Crippen molar-refractivity contribution >= 4 is 11.7 Å². The molecule has 1 aromatic rings. The Morgan fingerprint density at radius 1 is 1.53 bits per heavy atom. The van der Waals surface area contributed by atoms with E-state index >= 15 is 0 Å². The fourth-order valence-electron chi connectivity index (χ4n) is 1.58. The summed E-state index contributed by atoms with van der Waals surface area (Å²) in [5.41, 5.74) is 5.72. The zero-order valence-corrected chi connectivity index (χ0v) is 10.4. The van der Waals surface area contributed by atoms with Crippen LogP contribution in [0.2, 0.25) is 0 Å². The van der Waals surface area contributed by atoms with Gasteiger partial charge in [0, 0.05) is 13.7 Å². The van der Waals surface area contributed by atoms with Crippen molar-refractivity contribution < 1.29 is 9.53 Å². The smallest absolute Gasteiger partial charge is 0.274 e. The number of anilines is 1. The number of hydrogen-bond donors (Lipinski definition) is 1. The summed E-state index contributed by atoms with van der Waals surface area (Å²) in [5.74, 6) is 0.138. The molecule has 1 amide bonds. The minimum atomic E-state index is -0.162. The Bertz CT molecular complexity index is 366. The van der Waals surface area contributed by atoms with E-state index in [0.29, 0.717) is 24.7 Å². The molecule has 94 valence electrons. The predicted molar refractivity (Wildman–Crippen MR) is 64.5 cm³/mol. The number of likely N-dealkylation sites (N-methyl/N-ethyl adjacent to an activating group) is 1. The normalized spacial score (nSPS) is 12.2. The van der Waals surface area contributed by atoms with Crippen LogP contribution in [0, 0.1) is 0 Å². The molecular weight excluding hydrogens is 220 g/mol. The molecule has 1 rings (SSSR count). The van der Waals surface area contributed by atoms with Crippen molar-refractivity contribution in [3.05, 3.63) is 18.1 Å². The van der Waals surface area contributed by atoms with Crippen molar-refractivity contribution in [2.24, 2.45) is 0 Å². The van der Waals surface area contributed by atoms with Gasteiger partial charge in [-0.25, -0.2) is 9.97 Å². The minimum Gasteiger partial charge on any atom is -0.383 e. The molecule has 1 heterocycles. The predicted octanol–water partition coefficient (Wildman–Crippen LogP) is 0.556. The molecule has 0 fully saturated rings. The van der Waals surface area contributed by atoms with Crippen LogP contribution in [0.3, 0.4) is 0 Å². The first-order valence-electron chi connectivity index (χ1n) is 5.47. The van der Waals surface area contributed by atoms with Gasteiger partial charge in [-0.05, 0) is 13.8 Å². The number of carbonyl (C=O) groups is 1. The topological polar surface area (TPSA) is 81.3 Å². The van der Waals surface area contributed by atoms with Gasteiger partial charge in [-0.1, -0.05) is 0 Å². The van der Waals surface area contributed by atoms with E-state index in [2.05, 4.69) is 9.97 Å². The van der Waals surface area contributed by atoms with Gasteiger partial charge in [0.25, 0.3) is 5.91 Å². The minimum absolute atomic E-state index is 0.00291. The standard InChI is InChI=1S/C11H18N4O2/c1-4-15(8(2)7-17-3)11(16)9-5-14-10(12)6-13-9/h5-6,8H,4,7H2,1-3H3,(H2,12,14). The van der Waals surface area contributed by atoms with Gasteiger partial charge < -0.3 is 15.4 Å². The molecule has 6 heteroatoms. The Hall–Kier alpha value is -1.69. The zero-order valence-electron chi connectivity index (χ0n) is 10.4. The summed E-state index contributed by atoms with van der Waals surface area (Å²) in [5, 5.41) is 0. The van der Waals surface area contributed by atoms with Crippen LogP contribution in [0.15, 0.2) is 12.4 Å². The van der Waals surface area contributed by atoms with Crippen molar-refractivity contribution in [2.45, 2.75) is 19.9 Å². The van der Waals surface area contributed by atoms with E-state index in [4.69, 9.17) is 10.5 Å². The van der Waals surface area contributed by atoms with Gasteiger partial charge in [-0.15, -0.1) is 0 Å². The number of nitrogen functional groups attached to an aromatic ring is 1. The molecule has 0 saturated heterocycles. The van der Waals surface area contributed by atoms with E-state index < -0.39 is 0 Å². The number of nitrogens with two attached hydrogens (primary N) is 1. The van der Waals surface area contributed by atoms with Crippen molar-refractivity contribution in [1.82, 2.24) is 14.9 Å². The molecule has 0 spiro atoms. The maximum Gasteiger partial charge on any atom is 0.274 e. The molecule has 0 saturated carbocycles. The molecular formula is C11H18N4O2. The van der Waals surface area contributed by atoms with Gasteiger partial charge in [-0.2, -0.15) is 0 Å². The molecule has 0 aliphatic carbocycles. The lowest BCUT2D eigenvalue weighted by Crippen LogP contribution is -2.41. The van der Waals surface area contributed by atoms with E-state index in [1.807, 2.05) is 13.8 Å². The van der Waals surface area contributed by atoms with Crippen LogP contribution in [0.4, 0.5) is 5.82 Å². The fraction of sp³-hybridized carbons (Fsp3) is 0.545. The van der Waals surface area contributed by atoms with Crippen molar-refractivity contribution in [3.63, 3.8) is 0 Å². The third-order valence-corrected chi connectivity index (χ3v) is 2.43. The average molecular weight is 238 g/mol. The Labute approximate surface area is 101 Å². The number of ether oxygens (including phenoxy) is 1. The average Bonchev–Trinajstić information content (AvgIpc) is 2.31. The lowest BCUT2D eigenvalue weighted by atomic mass is 10.2. The molecule has 0 aliphatic rings. The van der Waals surface area contributed by atoms with Crippen LogP contribution >= 0.6 is 0 Å². The maximum absolute atomic E-state index is 12.1. The highest BCUT2D eigenvalue weighted by Gasteiger charge is 2.21. The van der Waals surface area contributed by atoms with Crippen LogP contribution in [0.5, 0.6) is 0 Å². The highest BCUT2D eigenvalue weighted by atomic mass is 16.5. The quantitative estimate of drug-likeness (QED) is 0.810. The monoisotopic (exact) mass is 238 g/mol. The molecule has 1 atom stereocenters. The lowest BCUT2D eigenvalue weighted by molar-refractivity contribution is 0.0573. The summed E-state index contributed by atoms with van der Waals surface area (Å²) in [6.07, 6.45) is 2.77. The first-order chi connectivity index (χ1) is 8.10. The summed E-state index contributed by atoms with van der Waals surface area (Å²) in [6, 6.07) is -0.00291. The first-order valence-corrected chi connectivity index (χ1v) is 5.47. The van der Waals surface area contributed by atoms with Crippen LogP contribution in [-0.4, -0.2) is 47.1 Å². The van der Waals surface area contributed by atoms with Gasteiger partial charge in [0.15, 0.2) is 0 Å². The van der Waals surface area contributed by atoms with Crippen LogP contribution in [0.1, 0.15) is 24.3 Å². The molecule has 0 bridgehead atoms. The molecule has 2 N–H and O–H groups in total. The number of amides is 1. The van der Waals surface area contributed by atoms with Gasteiger partial charge >= 0.3 is 0 Å². The van der Waals surface area contributed by atoms with E-state index in [1.165, 1.54) is 12.4 Å². The SMILES string of the molecule is CCN(C(=O)c1cnc(N)cn1)C(C)COC. The van der Waals surface area contributed by atoms with E-state index in [0.717, 1.165) is 0 Å². The number of carbonyl (C=O) groups excluding carboxylic acids is 1. The van der Waals surface area contributed by atoms with E-state index in [1.54, 1.807) is 12.0 Å². The number of hydrogen-bond acceptors (Lipinski definition) is 5. The molecule has 1 aromatic heterocycles. The molecule has 6 nitrogen and oxygen atoms in total. The highest BCUT2D eigenvalue weighted by molar-refractivity contribution is 5.92. The number of nitrogens with zero attached hydrogens (tertiary/aromatic N) is 3. The fourth-order valence-corrected chi connectivity index (χ4v) is 1.58. The summed E-state index contributed by atoms with van der Waals surface area (Å²) >= 11 is 0. The zero-order chi connectivity index (χ0) is 12.8. The molecule has 1 unspecified atom stereocenters.